The van der Waals surface area contributed by atoms with Gasteiger partial charge in [-0.2, -0.15) is 0 Å². The Kier molecular flexibility index (Phi) is 5.36. The summed E-state index contributed by atoms with van der Waals surface area (Å²) in [4.78, 5) is 11.1. The van der Waals surface area contributed by atoms with Crippen LogP contribution < -0.4 is 0 Å². The van der Waals surface area contributed by atoms with Crippen LogP contribution in [0.4, 0.5) is 0 Å². The molecule has 1 nitrogen and oxygen atoms in total. The number of carbonyl (C=O) groups excluding carboxylic acids is 1. The number of hydrogen-bond acceptors (Lipinski definition) is 1. The molecule has 0 saturated carbocycles. The van der Waals surface area contributed by atoms with Crippen LogP contribution in [0.1, 0.15) is 24.0 Å². The van der Waals surface area contributed by atoms with E-state index in [9.17, 15) is 4.79 Å². The van der Waals surface area contributed by atoms with Crippen LogP contribution in [0.5, 0.6) is 0 Å². The van der Waals surface area contributed by atoms with Crippen LogP contribution in [-0.4, -0.2) is 6.29 Å². The molecular formula is C18H20O. The first-order chi connectivity index (χ1) is 9.38. The standard InChI is InChI=1S/C18H20O/c19-15-18(13-11-16-7-3-1-4-8-16)14-12-17-9-5-2-6-10-17/h1-10,15,18H,11-14H2. The molecular weight excluding hydrogens is 232 g/mol. The van der Waals surface area contributed by atoms with Gasteiger partial charge < -0.3 is 4.79 Å². The molecule has 0 saturated heterocycles. The van der Waals surface area contributed by atoms with E-state index in [1.165, 1.54) is 11.1 Å². The second-order valence-corrected chi connectivity index (χ2v) is 4.94. The van der Waals surface area contributed by atoms with Gasteiger partial charge in [-0.3, -0.25) is 0 Å². The van der Waals surface area contributed by atoms with Crippen molar-refractivity contribution in [1.82, 2.24) is 0 Å². The van der Waals surface area contributed by atoms with Crippen molar-refractivity contribution in [1.29, 1.82) is 0 Å². The second-order valence-electron chi connectivity index (χ2n) is 4.94. The third-order valence-corrected chi connectivity index (χ3v) is 3.49. The fraction of sp³-hybridized carbons (Fsp3) is 0.278. The van der Waals surface area contributed by atoms with Crippen molar-refractivity contribution < 1.29 is 4.79 Å². The van der Waals surface area contributed by atoms with Crippen molar-refractivity contribution in [3.8, 4) is 0 Å². The maximum Gasteiger partial charge on any atom is 0.123 e. The van der Waals surface area contributed by atoms with Gasteiger partial charge in [0.15, 0.2) is 0 Å². The van der Waals surface area contributed by atoms with E-state index in [4.69, 9.17) is 0 Å². The molecule has 0 spiro atoms. The minimum Gasteiger partial charge on any atom is -0.303 e. The summed E-state index contributed by atoms with van der Waals surface area (Å²) in [5.41, 5.74) is 2.63. The quantitative estimate of drug-likeness (QED) is 0.679. The lowest BCUT2D eigenvalue weighted by Crippen LogP contribution is -2.05. The highest BCUT2D eigenvalue weighted by Crippen LogP contribution is 2.14. The molecule has 2 aromatic rings. The molecule has 1 heteroatoms. The van der Waals surface area contributed by atoms with Gasteiger partial charge >= 0.3 is 0 Å². The Labute approximate surface area is 115 Å². The van der Waals surface area contributed by atoms with Crippen LogP contribution in [0.3, 0.4) is 0 Å². The monoisotopic (exact) mass is 252 g/mol. The van der Waals surface area contributed by atoms with Crippen LogP contribution >= 0.6 is 0 Å². The molecule has 98 valence electrons. The predicted molar refractivity (Wildman–Crippen MR) is 79.1 cm³/mol. The lowest BCUT2D eigenvalue weighted by Gasteiger charge is -2.10. The molecule has 19 heavy (non-hydrogen) atoms. The van der Waals surface area contributed by atoms with Crippen LogP contribution in [0.25, 0.3) is 0 Å². The van der Waals surface area contributed by atoms with E-state index in [0.717, 1.165) is 32.0 Å². The van der Waals surface area contributed by atoms with E-state index in [-0.39, 0.29) is 5.92 Å². The Balaban J connectivity index is 1.79. The van der Waals surface area contributed by atoms with Crippen LogP contribution in [0, 0.1) is 5.92 Å². The first-order valence-electron chi connectivity index (χ1n) is 6.91. The summed E-state index contributed by atoms with van der Waals surface area (Å²) >= 11 is 0. The molecule has 0 heterocycles. The molecule has 2 rings (SSSR count). The smallest absolute Gasteiger partial charge is 0.123 e. The maximum atomic E-state index is 11.1. The first kappa shape index (κ1) is 13.5. The van der Waals surface area contributed by atoms with Gasteiger partial charge in [0.05, 0.1) is 0 Å². The summed E-state index contributed by atoms with van der Waals surface area (Å²) in [5, 5.41) is 0. The lowest BCUT2D eigenvalue weighted by molar-refractivity contribution is -0.111. The van der Waals surface area contributed by atoms with Crippen LogP contribution in [0.2, 0.25) is 0 Å². The SMILES string of the molecule is O=CC(CCc1ccccc1)CCc1ccccc1. The van der Waals surface area contributed by atoms with Gasteiger partial charge in [-0.05, 0) is 36.8 Å². The zero-order valence-corrected chi connectivity index (χ0v) is 11.2. The summed E-state index contributed by atoms with van der Waals surface area (Å²) in [6.07, 6.45) is 4.98. The third-order valence-electron chi connectivity index (χ3n) is 3.49. The summed E-state index contributed by atoms with van der Waals surface area (Å²) in [5.74, 6) is 0.167. The molecule has 0 fully saturated rings. The van der Waals surface area contributed by atoms with E-state index >= 15 is 0 Å². The minimum atomic E-state index is 0.167. The van der Waals surface area contributed by atoms with Gasteiger partial charge in [0.1, 0.15) is 6.29 Å². The number of hydrogen-bond donors (Lipinski definition) is 0. The molecule has 0 radical (unpaired) electrons. The van der Waals surface area contributed by atoms with Crippen LogP contribution in [0.15, 0.2) is 60.7 Å². The molecule has 0 atom stereocenters. The highest BCUT2D eigenvalue weighted by atomic mass is 16.1. The average Bonchev–Trinajstić information content (AvgIpc) is 2.49. The Morgan fingerprint density at radius 3 is 1.53 bits per heavy atom. The Hall–Kier alpha value is -1.89. The molecule has 0 aromatic heterocycles. The Bertz CT molecular complexity index is 432. The van der Waals surface area contributed by atoms with Gasteiger partial charge in [-0.1, -0.05) is 60.7 Å². The molecule has 0 amide bonds. The summed E-state index contributed by atoms with van der Waals surface area (Å²) < 4.78 is 0. The fourth-order valence-electron chi connectivity index (χ4n) is 2.27. The highest BCUT2D eigenvalue weighted by Gasteiger charge is 2.07. The molecule has 0 aliphatic carbocycles. The maximum absolute atomic E-state index is 11.1. The zero-order valence-electron chi connectivity index (χ0n) is 11.2. The number of benzene rings is 2. The molecule has 0 unspecified atom stereocenters. The van der Waals surface area contributed by atoms with E-state index in [2.05, 4.69) is 48.5 Å². The normalized spacial score (nSPS) is 10.6. The van der Waals surface area contributed by atoms with Crippen molar-refractivity contribution >= 4 is 6.29 Å². The molecule has 0 aliphatic heterocycles. The van der Waals surface area contributed by atoms with Crippen LogP contribution in [-0.2, 0) is 17.6 Å². The van der Waals surface area contributed by atoms with Gasteiger partial charge in [-0.25, -0.2) is 0 Å². The third kappa shape index (κ3) is 4.70. The van der Waals surface area contributed by atoms with Gasteiger partial charge in [0.2, 0.25) is 0 Å². The summed E-state index contributed by atoms with van der Waals surface area (Å²) in [6.45, 7) is 0. The lowest BCUT2D eigenvalue weighted by atomic mass is 9.94. The highest BCUT2D eigenvalue weighted by molar-refractivity contribution is 5.53. The van der Waals surface area contributed by atoms with Crippen molar-refractivity contribution in [2.75, 3.05) is 0 Å². The summed E-state index contributed by atoms with van der Waals surface area (Å²) in [7, 11) is 0. The largest absolute Gasteiger partial charge is 0.303 e. The zero-order chi connectivity index (χ0) is 13.3. The van der Waals surface area contributed by atoms with Crippen molar-refractivity contribution in [2.45, 2.75) is 25.7 Å². The van der Waals surface area contributed by atoms with Crippen molar-refractivity contribution in [3.63, 3.8) is 0 Å². The van der Waals surface area contributed by atoms with E-state index in [0.29, 0.717) is 0 Å². The van der Waals surface area contributed by atoms with Crippen molar-refractivity contribution in [3.05, 3.63) is 71.8 Å². The molecule has 0 N–H and O–H groups in total. The number of carbonyl (C=O) groups is 1. The van der Waals surface area contributed by atoms with Gasteiger partial charge in [0.25, 0.3) is 0 Å². The predicted octanol–water partition coefficient (Wildman–Crippen LogP) is 4.07. The Morgan fingerprint density at radius 1 is 0.737 bits per heavy atom. The molecule has 0 aliphatic rings. The fourth-order valence-corrected chi connectivity index (χ4v) is 2.27. The number of rotatable bonds is 7. The van der Waals surface area contributed by atoms with Gasteiger partial charge in [-0.15, -0.1) is 0 Å². The average molecular weight is 252 g/mol. The first-order valence-corrected chi connectivity index (χ1v) is 6.91. The Morgan fingerprint density at radius 2 is 1.16 bits per heavy atom. The summed E-state index contributed by atoms with van der Waals surface area (Å²) in [6, 6.07) is 20.7. The van der Waals surface area contributed by atoms with Crippen molar-refractivity contribution in [2.24, 2.45) is 5.92 Å². The number of aryl methyl sites for hydroxylation is 2. The van der Waals surface area contributed by atoms with E-state index in [1.54, 1.807) is 0 Å². The minimum absolute atomic E-state index is 0.167. The topological polar surface area (TPSA) is 17.1 Å². The molecule has 2 aromatic carbocycles. The molecule has 0 bridgehead atoms. The van der Waals surface area contributed by atoms with E-state index < -0.39 is 0 Å². The van der Waals surface area contributed by atoms with Gasteiger partial charge in [0, 0.05) is 5.92 Å². The second kappa shape index (κ2) is 7.52. The number of aldehydes is 1. The van der Waals surface area contributed by atoms with E-state index in [1.807, 2.05) is 12.1 Å².